The van der Waals surface area contributed by atoms with Gasteiger partial charge < -0.3 is 5.73 Å². The highest BCUT2D eigenvalue weighted by Gasteiger charge is 2.12. The Balaban J connectivity index is 2.25. The van der Waals surface area contributed by atoms with E-state index in [1.54, 1.807) is 0 Å². The van der Waals surface area contributed by atoms with Crippen LogP contribution in [0.1, 0.15) is 29.4 Å². The third kappa shape index (κ3) is 2.79. The monoisotopic (exact) mass is 243 g/mol. The molecule has 2 aromatic rings. The van der Waals surface area contributed by atoms with Crippen molar-refractivity contribution in [1.82, 2.24) is 9.78 Å². The zero-order valence-corrected chi connectivity index (χ0v) is 11.4. The fourth-order valence-electron chi connectivity index (χ4n) is 2.26. The molecule has 0 saturated carbocycles. The molecule has 0 aliphatic carbocycles. The first-order valence-electron chi connectivity index (χ1n) is 6.40. The molecule has 0 bridgehead atoms. The minimum atomic E-state index is 0.178. The molecule has 1 heterocycles. The lowest BCUT2D eigenvalue weighted by molar-refractivity contribution is 0.656. The molecular weight excluding hydrogens is 222 g/mol. The number of rotatable bonds is 4. The van der Waals surface area contributed by atoms with Crippen molar-refractivity contribution in [1.29, 1.82) is 0 Å². The van der Waals surface area contributed by atoms with Gasteiger partial charge in [0.05, 0.1) is 12.2 Å². The van der Waals surface area contributed by atoms with E-state index in [4.69, 9.17) is 5.73 Å². The number of hydrogen-bond acceptors (Lipinski definition) is 2. The molecule has 0 radical (unpaired) electrons. The summed E-state index contributed by atoms with van der Waals surface area (Å²) in [7, 11) is 0. The molecule has 0 aliphatic rings. The Morgan fingerprint density at radius 1 is 1.22 bits per heavy atom. The van der Waals surface area contributed by atoms with E-state index in [1.165, 1.54) is 16.8 Å². The summed E-state index contributed by atoms with van der Waals surface area (Å²) in [6, 6.07) is 10.6. The van der Waals surface area contributed by atoms with Gasteiger partial charge in [0.1, 0.15) is 0 Å². The maximum absolute atomic E-state index is 5.89. The summed E-state index contributed by atoms with van der Waals surface area (Å²) >= 11 is 0. The number of aromatic nitrogens is 2. The predicted molar refractivity (Wildman–Crippen MR) is 74.6 cm³/mol. The zero-order chi connectivity index (χ0) is 13.1. The Morgan fingerprint density at radius 3 is 2.50 bits per heavy atom. The number of aryl methyl sites for hydroxylation is 1. The Bertz CT molecular complexity index is 512. The van der Waals surface area contributed by atoms with Crippen LogP contribution in [0.4, 0.5) is 0 Å². The van der Waals surface area contributed by atoms with Crippen LogP contribution in [-0.4, -0.2) is 15.8 Å². The lowest BCUT2D eigenvalue weighted by Crippen LogP contribution is -2.18. The molecule has 2 N–H and O–H groups in total. The molecule has 0 amide bonds. The largest absolute Gasteiger partial charge is 0.328 e. The van der Waals surface area contributed by atoms with Gasteiger partial charge in [-0.25, -0.2) is 0 Å². The predicted octanol–water partition coefficient (Wildman–Crippen LogP) is 2.44. The van der Waals surface area contributed by atoms with Crippen molar-refractivity contribution in [2.45, 2.75) is 39.8 Å². The average Bonchev–Trinajstić information content (AvgIpc) is 2.58. The minimum absolute atomic E-state index is 0.178. The molecule has 18 heavy (non-hydrogen) atoms. The first-order chi connectivity index (χ1) is 8.58. The highest BCUT2D eigenvalue weighted by atomic mass is 15.3. The fourth-order valence-corrected chi connectivity index (χ4v) is 2.26. The number of nitrogens with zero attached hydrogens (tertiary/aromatic N) is 2. The van der Waals surface area contributed by atoms with Crippen molar-refractivity contribution in [2.24, 2.45) is 5.73 Å². The Hall–Kier alpha value is -1.61. The standard InChI is InChI=1S/C15H21N3/c1-11(16)9-15-12(2)17-18(13(15)3)10-14-7-5-4-6-8-14/h4-8,11H,9-10,16H2,1-3H3/t11-/m1/s1. The normalized spacial score (nSPS) is 12.7. The Morgan fingerprint density at radius 2 is 1.89 bits per heavy atom. The third-order valence-electron chi connectivity index (χ3n) is 3.23. The molecule has 3 heteroatoms. The molecule has 1 atom stereocenters. The summed E-state index contributed by atoms with van der Waals surface area (Å²) < 4.78 is 2.07. The van der Waals surface area contributed by atoms with E-state index in [1.807, 2.05) is 13.0 Å². The fraction of sp³-hybridized carbons (Fsp3) is 0.400. The summed E-state index contributed by atoms with van der Waals surface area (Å²) in [4.78, 5) is 0. The van der Waals surface area contributed by atoms with Gasteiger partial charge in [-0.2, -0.15) is 5.10 Å². The van der Waals surface area contributed by atoms with Gasteiger partial charge in [0, 0.05) is 11.7 Å². The van der Waals surface area contributed by atoms with Crippen molar-refractivity contribution in [3.05, 3.63) is 52.8 Å². The van der Waals surface area contributed by atoms with E-state index >= 15 is 0 Å². The highest BCUT2D eigenvalue weighted by molar-refractivity contribution is 5.26. The van der Waals surface area contributed by atoms with Crippen LogP contribution in [0.15, 0.2) is 30.3 Å². The second-order valence-corrected chi connectivity index (χ2v) is 4.97. The third-order valence-corrected chi connectivity index (χ3v) is 3.23. The lowest BCUT2D eigenvalue weighted by atomic mass is 10.1. The van der Waals surface area contributed by atoms with E-state index in [0.29, 0.717) is 0 Å². The molecular formula is C15H21N3. The second-order valence-electron chi connectivity index (χ2n) is 4.97. The lowest BCUT2D eigenvalue weighted by Gasteiger charge is -2.07. The molecule has 3 nitrogen and oxygen atoms in total. The summed E-state index contributed by atoms with van der Waals surface area (Å²) in [6.07, 6.45) is 0.895. The van der Waals surface area contributed by atoms with Crippen LogP contribution in [0, 0.1) is 13.8 Å². The van der Waals surface area contributed by atoms with Crippen LogP contribution in [0.3, 0.4) is 0 Å². The van der Waals surface area contributed by atoms with Gasteiger partial charge >= 0.3 is 0 Å². The van der Waals surface area contributed by atoms with Gasteiger partial charge in [-0.3, -0.25) is 4.68 Å². The van der Waals surface area contributed by atoms with E-state index in [2.05, 4.69) is 47.9 Å². The maximum atomic E-state index is 5.89. The number of hydrogen-bond donors (Lipinski definition) is 1. The topological polar surface area (TPSA) is 43.8 Å². The SMILES string of the molecule is Cc1nn(Cc2ccccc2)c(C)c1C[C@@H](C)N. The molecule has 0 unspecified atom stereocenters. The summed E-state index contributed by atoms with van der Waals surface area (Å²) in [6.45, 7) is 7.05. The molecule has 0 spiro atoms. The number of nitrogens with two attached hydrogens (primary N) is 1. The highest BCUT2D eigenvalue weighted by Crippen LogP contribution is 2.16. The first kappa shape index (κ1) is 12.8. The molecule has 0 aliphatic heterocycles. The van der Waals surface area contributed by atoms with Gasteiger partial charge in [-0.05, 0) is 38.3 Å². The minimum Gasteiger partial charge on any atom is -0.328 e. The summed E-state index contributed by atoms with van der Waals surface area (Å²) in [5.74, 6) is 0. The van der Waals surface area contributed by atoms with Crippen LogP contribution in [0.2, 0.25) is 0 Å². The summed E-state index contributed by atoms with van der Waals surface area (Å²) in [5.41, 5.74) is 10.8. The van der Waals surface area contributed by atoms with E-state index < -0.39 is 0 Å². The smallest absolute Gasteiger partial charge is 0.0662 e. The molecule has 2 rings (SSSR count). The molecule has 0 fully saturated rings. The second kappa shape index (κ2) is 5.36. The van der Waals surface area contributed by atoms with Crippen LogP contribution < -0.4 is 5.73 Å². The van der Waals surface area contributed by atoms with Crippen LogP contribution >= 0.6 is 0 Å². The van der Waals surface area contributed by atoms with Gasteiger partial charge in [-0.15, -0.1) is 0 Å². The maximum Gasteiger partial charge on any atom is 0.0662 e. The Kier molecular flexibility index (Phi) is 3.82. The Labute approximate surface area is 109 Å². The van der Waals surface area contributed by atoms with Gasteiger partial charge in [-0.1, -0.05) is 30.3 Å². The molecule has 0 saturated heterocycles. The molecule has 96 valence electrons. The van der Waals surface area contributed by atoms with E-state index in [0.717, 1.165) is 18.7 Å². The van der Waals surface area contributed by atoms with Crippen molar-refractivity contribution in [3.8, 4) is 0 Å². The van der Waals surface area contributed by atoms with Crippen LogP contribution in [0.5, 0.6) is 0 Å². The first-order valence-corrected chi connectivity index (χ1v) is 6.40. The van der Waals surface area contributed by atoms with Crippen molar-refractivity contribution in [2.75, 3.05) is 0 Å². The zero-order valence-electron chi connectivity index (χ0n) is 11.4. The van der Waals surface area contributed by atoms with Gasteiger partial charge in [0.25, 0.3) is 0 Å². The van der Waals surface area contributed by atoms with Gasteiger partial charge in [0.2, 0.25) is 0 Å². The van der Waals surface area contributed by atoms with Crippen molar-refractivity contribution < 1.29 is 0 Å². The van der Waals surface area contributed by atoms with Gasteiger partial charge in [0.15, 0.2) is 0 Å². The number of benzene rings is 1. The average molecular weight is 243 g/mol. The van der Waals surface area contributed by atoms with E-state index in [-0.39, 0.29) is 6.04 Å². The van der Waals surface area contributed by atoms with Crippen LogP contribution in [-0.2, 0) is 13.0 Å². The molecule has 1 aromatic heterocycles. The quantitative estimate of drug-likeness (QED) is 0.896. The summed E-state index contributed by atoms with van der Waals surface area (Å²) in [5, 5.41) is 4.62. The van der Waals surface area contributed by atoms with Crippen molar-refractivity contribution in [3.63, 3.8) is 0 Å². The van der Waals surface area contributed by atoms with E-state index in [9.17, 15) is 0 Å². The van der Waals surface area contributed by atoms with Crippen LogP contribution in [0.25, 0.3) is 0 Å². The van der Waals surface area contributed by atoms with Crippen molar-refractivity contribution >= 4 is 0 Å². The molecule has 1 aromatic carbocycles.